The van der Waals surface area contributed by atoms with Gasteiger partial charge in [0.25, 0.3) is 11.7 Å². The summed E-state index contributed by atoms with van der Waals surface area (Å²) in [4.78, 5) is 28.0. The van der Waals surface area contributed by atoms with E-state index in [1.165, 1.54) is 0 Å². The zero-order valence-electron chi connectivity index (χ0n) is 19.1. The topological polar surface area (TPSA) is 66.8 Å². The lowest BCUT2D eigenvalue weighted by atomic mass is 9.93. The Morgan fingerprint density at radius 1 is 0.970 bits per heavy atom. The summed E-state index contributed by atoms with van der Waals surface area (Å²) >= 11 is 0. The molecule has 1 aliphatic rings. The summed E-state index contributed by atoms with van der Waals surface area (Å²) in [5, 5.41) is 13.2. The maximum absolute atomic E-state index is 13.3. The molecule has 1 unspecified atom stereocenters. The maximum Gasteiger partial charge on any atom is 0.295 e. The van der Waals surface area contributed by atoms with Crippen LogP contribution in [0.15, 0.2) is 72.3 Å². The molecule has 0 aliphatic carbocycles. The van der Waals surface area contributed by atoms with Crippen molar-refractivity contribution in [1.82, 2.24) is 4.90 Å². The quantitative estimate of drug-likeness (QED) is 0.205. The summed E-state index contributed by atoms with van der Waals surface area (Å²) in [5.74, 6) is -0.697. The summed E-state index contributed by atoms with van der Waals surface area (Å²) in [5.41, 5.74) is 1.42. The number of unbranched alkanes of at least 4 members (excludes halogenated alkanes) is 2. The minimum atomic E-state index is -0.666. The Kier molecular flexibility index (Phi) is 6.78. The Morgan fingerprint density at radius 3 is 2.52 bits per heavy atom. The van der Waals surface area contributed by atoms with Crippen molar-refractivity contribution in [3.63, 3.8) is 0 Å². The third kappa shape index (κ3) is 4.36. The lowest BCUT2D eigenvalue weighted by Gasteiger charge is -2.25. The van der Waals surface area contributed by atoms with Gasteiger partial charge in [-0.05, 0) is 41.8 Å². The second-order valence-corrected chi connectivity index (χ2v) is 8.23. The number of fused-ring (bicyclic) bond motifs is 1. The van der Waals surface area contributed by atoms with Gasteiger partial charge in [0.1, 0.15) is 11.5 Å². The van der Waals surface area contributed by atoms with E-state index in [1.54, 1.807) is 11.0 Å². The van der Waals surface area contributed by atoms with Crippen LogP contribution in [0.4, 0.5) is 0 Å². The number of nitrogens with zero attached hydrogens (tertiary/aromatic N) is 1. The van der Waals surface area contributed by atoms with Gasteiger partial charge in [0.2, 0.25) is 0 Å². The first-order chi connectivity index (χ1) is 16.1. The maximum atomic E-state index is 13.3. The summed E-state index contributed by atoms with van der Waals surface area (Å²) < 4.78 is 5.66. The molecule has 1 heterocycles. The van der Waals surface area contributed by atoms with Crippen LogP contribution in [0.25, 0.3) is 16.5 Å². The molecule has 1 aliphatic heterocycles. The smallest absolute Gasteiger partial charge is 0.295 e. The molecule has 3 aromatic rings. The average molecular weight is 444 g/mol. The summed E-state index contributed by atoms with van der Waals surface area (Å²) in [6.45, 7) is 4.96. The number of amides is 1. The Balaban J connectivity index is 1.89. The highest BCUT2D eigenvalue weighted by Gasteiger charge is 2.46. The van der Waals surface area contributed by atoms with Crippen LogP contribution < -0.4 is 4.74 Å². The zero-order valence-corrected chi connectivity index (χ0v) is 19.1. The first-order valence-corrected chi connectivity index (χ1v) is 11.6. The van der Waals surface area contributed by atoms with E-state index in [1.807, 2.05) is 67.6 Å². The van der Waals surface area contributed by atoms with Gasteiger partial charge in [-0.1, -0.05) is 74.4 Å². The van der Waals surface area contributed by atoms with Crippen molar-refractivity contribution < 1.29 is 19.4 Å². The van der Waals surface area contributed by atoms with Gasteiger partial charge in [-0.3, -0.25) is 9.59 Å². The Morgan fingerprint density at radius 2 is 1.73 bits per heavy atom. The molecule has 1 atom stereocenters. The molecule has 4 rings (SSSR count). The molecule has 5 heteroatoms. The number of hydrogen-bond acceptors (Lipinski definition) is 4. The standard InChI is InChI=1S/C28H29NO4/c1-3-5-8-17-29-25(20-13-9-14-21(18-20)33-4-2)24(27(31)28(29)32)26(30)23-16-10-12-19-11-6-7-15-22(19)23/h6-7,9-16,18,25,30H,3-5,8,17H2,1-2H3/b26-24-. The van der Waals surface area contributed by atoms with Crippen molar-refractivity contribution in [2.24, 2.45) is 0 Å². The lowest BCUT2D eigenvalue weighted by Crippen LogP contribution is -2.30. The molecule has 0 aromatic heterocycles. The normalized spacial score (nSPS) is 17.6. The Bertz CT molecular complexity index is 1210. The number of aliphatic hydroxyl groups excluding tert-OH is 1. The molecular weight excluding hydrogens is 414 g/mol. The highest BCUT2D eigenvalue weighted by molar-refractivity contribution is 6.46. The van der Waals surface area contributed by atoms with Crippen molar-refractivity contribution in [2.45, 2.75) is 39.2 Å². The highest BCUT2D eigenvalue weighted by atomic mass is 16.5. The average Bonchev–Trinajstić information content (AvgIpc) is 3.09. The van der Waals surface area contributed by atoms with E-state index in [-0.39, 0.29) is 11.3 Å². The summed E-state index contributed by atoms with van der Waals surface area (Å²) in [6.07, 6.45) is 2.75. The summed E-state index contributed by atoms with van der Waals surface area (Å²) in [7, 11) is 0. The van der Waals surface area contributed by atoms with E-state index < -0.39 is 17.7 Å². The molecule has 1 amide bonds. The molecule has 170 valence electrons. The van der Waals surface area contributed by atoms with Crippen molar-refractivity contribution in [3.8, 4) is 5.75 Å². The molecule has 0 radical (unpaired) electrons. The predicted octanol–water partition coefficient (Wildman–Crippen LogP) is 5.85. The lowest BCUT2D eigenvalue weighted by molar-refractivity contribution is -0.139. The van der Waals surface area contributed by atoms with Gasteiger partial charge in [0.05, 0.1) is 18.2 Å². The number of carbonyl (C=O) groups is 2. The van der Waals surface area contributed by atoms with Crippen molar-refractivity contribution in [1.29, 1.82) is 0 Å². The van der Waals surface area contributed by atoms with E-state index in [0.29, 0.717) is 24.5 Å². The molecule has 0 saturated carbocycles. The SMILES string of the molecule is CCCCCN1C(=O)C(=O)/C(=C(\O)c2cccc3ccccc23)C1c1cccc(OCC)c1. The van der Waals surface area contributed by atoms with Gasteiger partial charge in [0.15, 0.2) is 0 Å². The van der Waals surface area contributed by atoms with E-state index >= 15 is 0 Å². The number of carbonyl (C=O) groups excluding carboxylic acids is 2. The molecule has 3 aromatic carbocycles. The minimum Gasteiger partial charge on any atom is -0.507 e. The van der Waals surface area contributed by atoms with Gasteiger partial charge in [0, 0.05) is 12.1 Å². The van der Waals surface area contributed by atoms with Crippen LogP contribution in [-0.4, -0.2) is 34.8 Å². The fourth-order valence-corrected chi connectivity index (χ4v) is 4.51. The number of likely N-dealkylation sites (tertiary alicyclic amines) is 1. The van der Waals surface area contributed by atoms with E-state index in [0.717, 1.165) is 35.6 Å². The number of rotatable bonds is 8. The number of Topliss-reactive ketones (excluding diaryl/α,β-unsaturated/α-hetero) is 1. The molecular formula is C28H29NO4. The number of benzene rings is 3. The molecule has 5 nitrogen and oxygen atoms in total. The van der Waals surface area contributed by atoms with Crippen LogP contribution in [-0.2, 0) is 9.59 Å². The van der Waals surface area contributed by atoms with Gasteiger partial charge in [-0.25, -0.2) is 0 Å². The summed E-state index contributed by atoms with van der Waals surface area (Å²) in [6, 6.07) is 20.0. The first kappa shape index (κ1) is 22.6. The van der Waals surface area contributed by atoms with Crippen LogP contribution in [0.5, 0.6) is 5.75 Å². The number of hydrogen-bond donors (Lipinski definition) is 1. The minimum absolute atomic E-state index is 0.126. The molecule has 1 saturated heterocycles. The molecule has 0 spiro atoms. The zero-order chi connectivity index (χ0) is 23.4. The number of ketones is 1. The molecule has 33 heavy (non-hydrogen) atoms. The largest absolute Gasteiger partial charge is 0.507 e. The molecule has 1 fully saturated rings. The molecule has 1 N–H and O–H groups in total. The van der Waals surface area contributed by atoms with Crippen LogP contribution in [0.3, 0.4) is 0 Å². The number of ether oxygens (including phenoxy) is 1. The van der Waals surface area contributed by atoms with Gasteiger partial charge < -0.3 is 14.7 Å². The first-order valence-electron chi connectivity index (χ1n) is 11.6. The van der Waals surface area contributed by atoms with Crippen molar-refractivity contribution in [3.05, 3.63) is 83.4 Å². The predicted molar refractivity (Wildman–Crippen MR) is 130 cm³/mol. The third-order valence-corrected chi connectivity index (χ3v) is 6.07. The fourth-order valence-electron chi connectivity index (χ4n) is 4.51. The van der Waals surface area contributed by atoms with E-state index in [4.69, 9.17) is 4.74 Å². The Labute approximate surface area is 194 Å². The van der Waals surface area contributed by atoms with Gasteiger partial charge >= 0.3 is 0 Å². The Hall–Kier alpha value is -3.60. The van der Waals surface area contributed by atoms with Gasteiger partial charge in [-0.15, -0.1) is 0 Å². The number of aliphatic hydroxyl groups is 1. The van der Waals surface area contributed by atoms with Crippen LogP contribution in [0, 0.1) is 0 Å². The van der Waals surface area contributed by atoms with E-state index in [9.17, 15) is 14.7 Å². The van der Waals surface area contributed by atoms with Crippen LogP contribution in [0.2, 0.25) is 0 Å². The second kappa shape index (κ2) is 9.90. The van der Waals surface area contributed by atoms with Crippen molar-refractivity contribution >= 4 is 28.2 Å². The molecule has 0 bridgehead atoms. The fraction of sp³-hybridized carbons (Fsp3) is 0.286. The third-order valence-electron chi connectivity index (χ3n) is 6.07. The van der Waals surface area contributed by atoms with E-state index in [2.05, 4.69) is 6.92 Å². The van der Waals surface area contributed by atoms with Crippen molar-refractivity contribution in [2.75, 3.05) is 13.2 Å². The second-order valence-electron chi connectivity index (χ2n) is 8.23. The monoisotopic (exact) mass is 443 g/mol. The highest BCUT2D eigenvalue weighted by Crippen LogP contribution is 2.41. The van der Waals surface area contributed by atoms with Crippen LogP contribution in [0.1, 0.15) is 50.3 Å². The van der Waals surface area contributed by atoms with Gasteiger partial charge in [-0.2, -0.15) is 0 Å². The van der Waals surface area contributed by atoms with Crippen LogP contribution >= 0.6 is 0 Å².